The van der Waals surface area contributed by atoms with E-state index in [1.807, 2.05) is 61.1 Å². The van der Waals surface area contributed by atoms with Crippen LogP contribution in [0.25, 0.3) is 10.9 Å². The smallest absolute Gasteiger partial charge is 0.139 e. The van der Waals surface area contributed by atoms with Gasteiger partial charge in [-0.2, -0.15) is 0 Å². The Bertz CT molecular complexity index is 759. The SMILES string of the molecule is Cc1cccc(OCc2cn(C)c3c(O)cccc23)c1. The maximum atomic E-state index is 9.93. The van der Waals surface area contributed by atoms with Crippen LogP contribution in [-0.4, -0.2) is 9.67 Å². The number of phenols is 1. The highest BCUT2D eigenvalue weighted by Crippen LogP contribution is 2.29. The zero-order valence-electron chi connectivity index (χ0n) is 11.6. The normalized spacial score (nSPS) is 10.9. The highest BCUT2D eigenvalue weighted by Gasteiger charge is 2.10. The van der Waals surface area contributed by atoms with Gasteiger partial charge in [0, 0.05) is 24.2 Å². The summed E-state index contributed by atoms with van der Waals surface area (Å²) >= 11 is 0. The Morgan fingerprint density at radius 2 is 1.95 bits per heavy atom. The second-order valence-electron chi connectivity index (χ2n) is 5.04. The molecule has 0 atom stereocenters. The van der Waals surface area contributed by atoms with Crippen molar-refractivity contribution in [1.82, 2.24) is 4.57 Å². The lowest BCUT2D eigenvalue weighted by Gasteiger charge is -2.06. The Morgan fingerprint density at radius 1 is 1.15 bits per heavy atom. The van der Waals surface area contributed by atoms with E-state index in [-0.39, 0.29) is 0 Å². The van der Waals surface area contributed by atoms with E-state index in [1.165, 1.54) is 5.56 Å². The third-order valence-electron chi connectivity index (χ3n) is 3.45. The second kappa shape index (κ2) is 4.93. The first-order valence-corrected chi connectivity index (χ1v) is 6.60. The van der Waals surface area contributed by atoms with Gasteiger partial charge < -0.3 is 14.4 Å². The van der Waals surface area contributed by atoms with E-state index in [9.17, 15) is 5.11 Å². The first kappa shape index (κ1) is 12.6. The van der Waals surface area contributed by atoms with E-state index in [0.29, 0.717) is 12.4 Å². The summed E-state index contributed by atoms with van der Waals surface area (Å²) in [6, 6.07) is 13.6. The van der Waals surface area contributed by atoms with Crippen molar-refractivity contribution in [2.75, 3.05) is 0 Å². The van der Waals surface area contributed by atoms with Crippen LogP contribution in [0.3, 0.4) is 0 Å². The standard InChI is InChI=1S/C17H17NO2/c1-12-5-3-6-14(9-12)20-11-13-10-18(2)17-15(13)7-4-8-16(17)19/h3-10,19H,11H2,1-2H3. The summed E-state index contributed by atoms with van der Waals surface area (Å²) in [5.41, 5.74) is 3.09. The minimum atomic E-state index is 0.298. The molecular weight excluding hydrogens is 250 g/mol. The van der Waals surface area contributed by atoms with Crippen molar-refractivity contribution in [2.24, 2.45) is 7.05 Å². The number of nitrogens with zero attached hydrogens (tertiary/aromatic N) is 1. The molecule has 0 fully saturated rings. The van der Waals surface area contributed by atoms with Crippen LogP contribution in [0.2, 0.25) is 0 Å². The van der Waals surface area contributed by atoms with Crippen molar-refractivity contribution in [3.05, 3.63) is 59.8 Å². The van der Waals surface area contributed by atoms with Gasteiger partial charge in [-0.25, -0.2) is 0 Å². The zero-order valence-corrected chi connectivity index (χ0v) is 11.6. The van der Waals surface area contributed by atoms with Crippen LogP contribution in [0.1, 0.15) is 11.1 Å². The minimum absolute atomic E-state index is 0.298. The maximum absolute atomic E-state index is 9.93. The number of fused-ring (bicyclic) bond motifs is 1. The summed E-state index contributed by atoms with van der Waals surface area (Å²) in [7, 11) is 1.93. The molecule has 0 aliphatic heterocycles. The van der Waals surface area contributed by atoms with E-state index in [0.717, 1.165) is 22.2 Å². The molecule has 0 unspecified atom stereocenters. The Morgan fingerprint density at radius 3 is 2.75 bits per heavy atom. The maximum Gasteiger partial charge on any atom is 0.139 e. The molecule has 3 aromatic rings. The molecule has 1 aromatic heterocycles. The number of aromatic hydroxyl groups is 1. The van der Waals surface area contributed by atoms with Gasteiger partial charge in [0.1, 0.15) is 18.1 Å². The molecule has 0 aliphatic rings. The molecule has 0 aliphatic carbocycles. The molecule has 20 heavy (non-hydrogen) atoms. The van der Waals surface area contributed by atoms with Crippen molar-refractivity contribution >= 4 is 10.9 Å². The monoisotopic (exact) mass is 267 g/mol. The van der Waals surface area contributed by atoms with Crippen molar-refractivity contribution < 1.29 is 9.84 Å². The van der Waals surface area contributed by atoms with E-state index < -0.39 is 0 Å². The second-order valence-corrected chi connectivity index (χ2v) is 5.04. The lowest BCUT2D eigenvalue weighted by molar-refractivity contribution is 0.307. The predicted molar refractivity (Wildman–Crippen MR) is 80.1 cm³/mol. The Labute approximate surface area is 118 Å². The number of phenolic OH excluding ortho intramolecular Hbond substituents is 1. The van der Waals surface area contributed by atoms with Gasteiger partial charge in [0.2, 0.25) is 0 Å². The van der Waals surface area contributed by atoms with Gasteiger partial charge in [0.15, 0.2) is 0 Å². The largest absolute Gasteiger partial charge is 0.506 e. The summed E-state index contributed by atoms with van der Waals surface area (Å²) in [6.45, 7) is 2.53. The van der Waals surface area contributed by atoms with E-state index >= 15 is 0 Å². The van der Waals surface area contributed by atoms with Gasteiger partial charge in [-0.15, -0.1) is 0 Å². The highest BCUT2D eigenvalue weighted by molar-refractivity contribution is 5.88. The molecule has 0 bridgehead atoms. The number of aryl methyl sites for hydroxylation is 2. The number of benzene rings is 2. The lowest BCUT2D eigenvalue weighted by atomic mass is 10.2. The molecule has 3 rings (SSSR count). The van der Waals surface area contributed by atoms with Crippen LogP contribution in [0, 0.1) is 6.92 Å². The minimum Gasteiger partial charge on any atom is -0.506 e. The van der Waals surface area contributed by atoms with Crippen LogP contribution in [0.4, 0.5) is 0 Å². The lowest BCUT2D eigenvalue weighted by Crippen LogP contribution is -1.94. The van der Waals surface area contributed by atoms with Gasteiger partial charge in [-0.1, -0.05) is 24.3 Å². The van der Waals surface area contributed by atoms with Gasteiger partial charge >= 0.3 is 0 Å². The molecule has 0 spiro atoms. The van der Waals surface area contributed by atoms with E-state index in [4.69, 9.17) is 4.74 Å². The summed E-state index contributed by atoms with van der Waals surface area (Å²) in [5.74, 6) is 1.16. The predicted octanol–water partition coefficient (Wildman–Crippen LogP) is 3.77. The average molecular weight is 267 g/mol. The van der Waals surface area contributed by atoms with Gasteiger partial charge in [-0.3, -0.25) is 0 Å². The Kier molecular flexibility index (Phi) is 3.11. The molecule has 102 valence electrons. The average Bonchev–Trinajstić information content (AvgIpc) is 2.75. The first-order chi connectivity index (χ1) is 9.65. The molecule has 0 saturated carbocycles. The molecule has 1 N–H and O–H groups in total. The number of hydrogen-bond donors (Lipinski definition) is 1. The molecule has 3 nitrogen and oxygen atoms in total. The van der Waals surface area contributed by atoms with Gasteiger partial charge in [0.25, 0.3) is 0 Å². The quantitative estimate of drug-likeness (QED) is 0.783. The van der Waals surface area contributed by atoms with Crippen molar-refractivity contribution in [3.63, 3.8) is 0 Å². The third kappa shape index (κ3) is 2.23. The van der Waals surface area contributed by atoms with Crippen LogP contribution in [0.15, 0.2) is 48.7 Å². The van der Waals surface area contributed by atoms with E-state index in [2.05, 4.69) is 0 Å². The topological polar surface area (TPSA) is 34.4 Å². The zero-order chi connectivity index (χ0) is 14.1. The molecule has 3 heteroatoms. The molecule has 0 amide bonds. The van der Waals surface area contributed by atoms with Gasteiger partial charge in [0.05, 0.1) is 5.52 Å². The van der Waals surface area contributed by atoms with Crippen LogP contribution >= 0.6 is 0 Å². The Hall–Kier alpha value is -2.42. The summed E-state index contributed by atoms with van der Waals surface area (Å²) in [5, 5.41) is 11.0. The molecule has 1 heterocycles. The molecular formula is C17H17NO2. The number of ether oxygens (including phenoxy) is 1. The highest BCUT2D eigenvalue weighted by atomic mass is 16.5. The summed E-state index contributed by atoms with van der Waals surface area (Å²) in [4.78, 5) is 0. The number of aromatic nitrogens is 1. The Balaban J connectivity index is 1.90. The fourth-order valence-corrected chi connectivity index (χ4v) is 2.51. The van der Waals surface area contributed by atoms with Crippen LogP contribution < -0.4 is 4.74 Å². The van der Waals surface area contributed by atoms with Crippen LogP contribution in [0.5, 0.6) is 11.5 Å². The fraction of sp³-hybridized carbons (Fsp3) is 0.176. The summed E-state index contributed by atoms with van der Waals surface area (Å²) in [6.07, 6.45) is 2.00. The number of rotatable bonds is 3. The fourth-order valence-electron chi connectivity index (χ4n) is 2.51. The number of para-hydroxylation sites is 1. The molecule has 0 saturated heterocycles. The molecule has 2 aromatic carbocycles. The van der Waals surface area contributed by atoms with Crippen LogP contribution in [-0.2, 0) is 13.7 Å². The molecule has 0 radical (unpaired) electrons. The van der Waals surface area contributed by atoms with Gasteiger partial charge in [-0.05, 0) is 30.7 Å². The first-order valence-electron chi connectivity index (χ1n) is 6.60. The van der Waals surface area contributed by atoms with Crippen molar-refractivity contribution in [1.29, 1.82) is 0 Å². The third-order valence-corrected chi connectivity index (χ3v) is 3.45. The van der Waals surface area contributed by atoms with E-state index in [1.54, 1.807) is 6.07 Å². The summed E-state index contributed by atoms with van der Waals surface area (Å²) < 4.78 is 7.77. The van der Waals surface area contributed by atoms with Crippen molar-refractivity contribution in [2.45, 2.75) is 13.5 Å². The number of hydrogen-bond acceptors (Lipinski definition) is 2. The van der Waals surface area contributed by atoms with Crippen molar-refractivity contribution in [3.8, 4) is 11.5 Å².